The number of hydrogen-bond donors (Lipinski definition) is 2. The summed E-state index contributed by atoms with van der Waals surface area (Å²) in [5.41, 5.74) is 3.40. The third-order valence-corrected chi connectivity index (χ3v) is 5.69. The summed E-state index contributed by atoms with van der Waals surface area (Å²) in [5, 5.41) is 14.3. The second-order valence-corrected chi connectivity index (χ2v) is 7.77. The van der Waals surface area contributed by atoms with E-state index in [1.165, 1.54) is 11.6 Å². The minimum absolute atomic E-state index is 0.162. The van der Waals surface area contributed by atoms with Crippen molar-refractivity contribution in [1.29, 1.82) is 0 Å². The molecule has 0 bridgehead atoms. The first-order valence-corrected chi connectivity index (χ1v) is 10.4. The van der Waals surface area contributed by atoms with Crippen molar-refractivity contribution in [3.8, 4) is 0 Å². The third kappa shape index (κ3) is 4.37. The zero-order valence-corrected chi connectivity index (χ0v) is 17.4. The van der Waals surface area contributed by atoms with Crippen molar-refractivity contribution in [2.24, 2.45) is 0 Å². The average molecular weight is 416 g/mol. The van der Waals surface area contributed by atoms with E-state index in [-0.39, 0.29) is 18.1 Å². The molecule has 0 aliphatic heterocycles. The number of para-hydroxylation sites is 1. The predicted molar refractivity (Wildman–Crippen MR) is 121 cm³/mol. The third-order valence-electron chi connectivity index (χ3n) is 5.69. The van der Waals surface area contributed by atoms with Gasteiger partial charge in [0.05, 0.1) is 6.54 Å². The molecule has 2 N–H and O–H groups in total. The Bertz CT molecular complexity index is 1200. The lowest BCUT2D eigenvalue weighted by Crippen LogP contribution is -2.21. The highest BCUT2D eigenvalue weighted by Crippen LogP contribution is 2.28. The number of carbonyl (C=O) groups is 1. The molecule has 0 amide bonds. The first-order chi connectivity index (χ1) is 15.1. The quantitative estimate of drug-likeness (QED) is 0.403. The molecule has 0 aliphatic carbocycles. The van der Waals surface area contributed by atoms with E-state index in [0.717, 1.165) is 23.0 Å². The summed E-state index contributed by atoms with van der Waals surface area (Å²) in [6.07, 6.45) is 0. The summed E-state index contributed by atoms with van der Waals surface area (Å²) in [5.74, 6) is -1.06. The van der Waals surface area contributed by atoms with Crippen LogP contribution in [-0.4, -0.2) is 22.2 Å². The Balaban J connectivity index is 1.66. The van der Waals surface area contributed by atoms with Gasteiger partial charge in [-0.05, 0) is 23.6 Å². The van der Waals surface area contributed by atoms with Gasteiger partial charge in [-0.25, -0.2) is 9.18 Å². The van der Waals surface area contributed by atoms with Crippen molar-refractivity contribution in [3.05, 3.63) is 107 Å². The van der Waals surface area contributed by atoms with E-state index >= 15 is 0 Å². The number of benzene rings is 3. The minimum Gasteiger partial charge on any atom is -0.477 e. The number of carboxylic acids is 1. The second-order valence-electron chi connectivity index (χ2n) is 7.77. The SMILES string of the molecule is CC(CNCc1c(C(=O)O)n(Cc2ccccc2F)c2ccccc12)c1ccccc1. The smallest absolute Gasteiger partial charge is 0.352 e. The normalized spacial score (nSPS) is 12.2. The maximum Gasteiger partial charge on any atom is 0.352 e. The molecule has 1 aromatic heterocycles. The van der Waals surface area contributed by atoms with Gasteiger partial charge in [-0.3, -0.25) is 0 Å². The molecule has 0 radical (unpaired) electrons. The highest BCUT2D eigenvalue weighted by Gasteiger charge is 2.22. The van der Waals surface area contributed by atoms with Gasteiger partial charge < -0.3 is 15.0 Å². The molecule has 158 valence electrons. The van der Waals surface area contributed by atoms with Crippen LogP contribution in [0.3, 0.4) is 0 Å². The molecule has 4 rings (SSSR count). The lowest BCUT2D eigenvalue weighted by Gasteiger charge is -2.14. The number of carboxylic acid groups (broad SMARTS) is 1. The van der Waals surface area contributed by atoms with Crippen LogP contribution in [0.25, 0.3) is 10.9 Å². The summed E-state index contributed by atoms with van der Waals surface area (Å²) >= 11 is 0. The van der Waals surface area contributed by atoms with Crippen LogP contribution in [0.2, 0.25) is 0 Å². The number of halogens is 1. The molecule has 0 spiro atoms. The molecule has 0 fully saturated rings. The maximum atomic E-state index is 14.3. The summed E-state index contributed by atoms with van der Waals surface area (Å²) in [6.45, 7) is 3.44. The number of aromatic nitrogens is 1. The lowest BCUT2D eigenvalue weighted by molar-refractivity contribution is 0.0684. The van der Waals surface area contributed by atoms with Gasteiger partial charge in [-0.1, -0.05) is 73.7 Å². The number of fused-ring (bicyclic) bond motifs is 1. The van der Waals surface area contributed by atoms with Crippen molar-refractivity contribution in [1.82, 2.24) is 9.88 Å². The van der Waals surface area contributed by atoms with E-state index in [4.69, 9.17) is 0 Å². The molecule has 5 heteroatoms. The van der Waals surface area contributed by atoms with Crippen LogP contribution in [0, 0.1) is 5.82 Å². The predicted octanol–water partition coefficient (Wildman–Crippen LogP) is 5.42. The van der Waals surface area contributed by atoms with E-state index in [0.29, 0.717) is 18.0 Å². The van der Waals surface area contributed by atoms with E-state index in [1.807, 2.05) is 42.5 Å². The Morgan fingerprint density at radius 1 is 1.00 bits per heavy atom. The molecule has 4 aromatic rings. The fourth-order valence-corrected chi connectivity index (χ4v) is 4.07. The van der Waals surface area contributed by atoms with Crippen molar-refractivity contribution >= 4 is 16.9 Å². The minimum atomic E-state index is -1.01. The van der Waals surface area contributed by atoms with Gasteiger partial charge in [0.25, 0.3) is 0 Å². The van der Waals surface area contributed by atoms with E-state index in [2.05, 4.69) is 24.4 Å². The van der Waals surface area contributed by atoms with Crippen LogP contribution in [0.15, 0.2) is 78.9 Å². The number of nitrogens with one attached hydrogen (secondary N) is 1. The monoisotopic (exact) mass is 416 g/mol. The van der Waals surface area contributed by atoms with Gasteiger partial charge in [-0.15, -0.1) is 0 Å². The van der Waals surface area contributed by atoms with Gasteiger partial charge in [0, 0.05) is 35.1 Å². The molecule has 1 atom stereocenters. The molecule has 0 saturated heterocycles. The Labute approximate surface area is 181 Å². The molecule has 3 aromatic carbocycles. The van der Waals surface area contributed by atoms with Gasteiger partial charge in [-0.2, -0.15) is 0 Å². The number of rotatable bonds is 8. The van der Waals surface area contributed by atoms with Crippen LogP contribution in [0.4, 0.5) is 4.39 Å². The van der Waals surface area contributed by atoms with Gasteiger partial charge in [0.15, 0.2) is 0 Å². The van der Waals surface area contributed by atoms with Crippen LogP contribution in [0.5, 0.6) is 0 Å². The molecule has 0 saturated carbocycles. The first-order valence-electron chi connectivity index (χ1n) is 10.4. The van der Waals surface area contributed by atoms with E-state index in [9.17, 15) is 14.3 Å². The highest BCUT2D eigenvalue weighted by molar-refractivity contribution is 5.98. The Morgan fingerprint density at radius 3 is 2.42 bits per heavy atom. The number of hydrogen-bond acceptors (Lipinski definition) is 2. The van der Waals surface area contributed by atoms with E-state index < -0.39 is 5.97 Å². The van der Waals surface area contributed by atoms with E-state index in [1.54, 1.807) is 22.8 Å². The molecule has 1 unspecified atom stereocenters. The topological polar surface area (TPSA) is 54.3 Å². The fraction of sp³-hybridized carbons (Fsp3) is 0.192. The zero-order valence-electron chi connectivity index (χ0n) is 17.4. The molecule has 1 heterocycles. The van der Waals surface area contributed by atoms with Crippen LogP contribution >= 0.6 is 0 Å². The fourth-order valence-electron chi connectivity index (χ4n) is 4.07. The Hall–Kier alpha value is -3.44. The largest absolute Gasteiger partial charge is 0.477 e. The maximum absolute atomic E-state index is 14.3. The average Bonchev–Trinajstić information content (AvgIpc) is 3.09. The number of nitrogens with zero attached hydrogens (tertiary/aromatic N) is 1. The summed E-state index contributed by atoms with van der Waals surface area (Å²) in [6, 6.07) is 24.3. The van der Waals surface area contributed by atoms with Crippen molar-refractivity contribution in [2.75, 3.05) is 6.54 Å². The van der Waals surface area contributed by atoms with Gasteiger partial charge >= 0.3 is 5.97 Å². The summed E-state index contributed by atoms with van der Waals surface area (Å²) < 4.78 is 16.0. The van der Waals surface area contributed by atoms with Crippen molar-refractivity contribution < 1.29 is 14.3 Å². The van der Waals surface area contributed by atoms with Crippen molar-refractivity contribution in [3.63, 3.8) is 0 Å². The van der Waals surface area contributed by atoms with Gasteiger partial charge in [0.1, 0.15) is 11.5 Å². The number of aromatic carboxylic acids is 1. The summed E-state index contributed by atoms with van der Waals surface area (Å²) in [4.78, 5) is 12.3. The Kier molecular flexibility index (Phi) is 6.14. The van der Waals surface area contributed by atoms with Crippen molar-refractivity contribution in [2.45, 2.75) is 25.9 Å². The molecular weight excluding hydrogens is 391 g/mol. The summed E-state index contributed by atoms with van der Waals surface area (Å²) in [7, 11) is 0. The van der Waals surface area contributed by atoms with Crippen LogP contribution in [-0.2, 0) is 13.1 Å². The van der Waals surface area contributed by atoms with Gasteiger partial charge in [0.2, 0.25) is 0 Å². The Morgan fingerprint density at radius 2 is 1.68 bits per heavy atom. The molecule has 4 nitrogen and oxygen atoms in total. The molecule has 0 aliphatic rings. The standard InChI is InChI=1S/C26H25FN2O2/c1-18(19-9-3-2-4-10-19)15-28-16-22-21-12-6-8-14-24(21)29(25(22)26(30)31)17-20-11-5-7-13-23(20)27/h2-14,18,28H,15-17H2,1H3,(H,30,31). The highest BCUT2D eigenvalue weighted by atomic mass is 19.1. The van der Waals surface area contributed by atoms with Crippen LogP contribution in [0.1, 0.15) is 40.0 Å². The molecule has 31 heavy (non-hydrogen) atoms. The second kappa shape index (κ2) is 9.14. The lowest BCUT2D eigenvalue weighted by atomic mass is 10.0. The zero-order chi connectivity index (χ0) is 21.8. The molecular formula is C26H25FN2O2. The first kappa shape index (κ1) is 20.8. The van der Waals surface area contributed by atoms with Crippen LogP contribution < -0.4 is 5.32 Å².